The summed E-state index contributed by atoms with van der Waals surface area (Å²) in [6.45, 7) is 4.15. The zero-order chi connectivity index (χ0) is 14.6. The largest absolute Gasteiger partial charge is 0.381 e. The summed E-state index contributed by atoms with van der Waals surface area (Å²) in [5.74, 6) is 0. The molecular weight excluding hydrogens is 297 g/mol. The van der Waals surface area contributed by atoms with E-state index in [0.29, 0.717) is 16.7 Å². The number of hydrogen-bond acceptors (Lipinski definition) is 3. The third kappa shape index (κ3) is 3.29. The highest BCUT2D eigenvalue weighted by molar-refractivity contribution is 6.42. The van der Waals surface area contributed by atoms with Crippen LogP contribution in [0.3, 0.4) is 0 Å². The molecule has 5 heteroatoms. The lowest BCUT2D eigenvalue weighted by Crippen LogP contribution is -2.49. The molecule has 1 aliphatic rings. The van der Waals surface area contributed by atoms with Gasteiger partial charge < -0.3 is 14.8 Å². The van der Waals surface area contributed by atoms with Crippen LogP contribution in [0.1, 0.15) is 31.4 Å². The van der Waals surface area contributed by atoms with Crippen molar-refractivity contribution in [3.8, 4) is 0 Å². The maximum absolute atomic E-state index is 6.15. The molecule has 1 unspecified atom stereocenters. The van der Waals surface area contributed by atoms with Crippen LogP contribution in [0.5, 0.6) is 0 Å². The molecule has 2 rings (SSSR count). The Morgan fingerprint density at radius 2 is 2.00 bits per heavy atom. The zero-order valence-corrected chi connectivity index (χ0v) is 13.4. The monoisotopic (exact) mass is 317 g/mol. The molecule has 20 heavy (non-hydrogen) atoms. The minimum Gasteiger partial charge on any atom is -0.381 e. The van der Waals surface area contributed by atoms with Crippen LogP contribution in [-0.2, 0) is 9.47 Å². The van der Waals surface area contributed by atoms with E-state index in [4.69, 9.17) is 32.7 Å². The van der Waals surface area contributed by atoms with Crippen molar-refractivity contribution in [3.63, 3.8) is 0 Å². The van der Waals surface area contributed by atoms with E-state index in [1.54, 1.807) is 0 Å². The molecule has 0 radical (unpaired) electrons. The SMILES string of the molecule is CCOC1(C(NC)c2ccc(Cl)c(Cl)c2)CCOCC1. The van der Waals surface area contributed by atoms with Crippen molar-refractivity contribution in [1.82, 2.24) is 5.32 Å². The summed E-state index contributed by atoms with van der Waals surface area (Å²) in [5, 5.41) is 4.52. The molecular formula is C15H21Cl2NO2. The van der Waals surface area contributed by atoms with Gasteiger partial charge in [-0.3, -0.25) is 0 Å². The molecule has 112 valence electrons. The number of halogens is 2. The van der Waals surface area contributed by atoms with E-state index < -0.39 is 0 Å². The van der Waals surface area contributed by atoms with Crippen LogP contribution in [0.15, 0.2) is 18.2 Å². The van der Waals surface area contributed by atoms with Crippen molar-refractivity contribution in [1.29, 1.82) is 0 Å². The van der Waals surface area contributed by atoms with Gasteiger partial charge in [-0.15, -0.1) is 0 Å². The Hall–Kier alpha value is -0.320. The first-order valence-electron chi connectivity index (χ1n) is 6.97. The van der Waals surface area contributed by atoms with Gasteiger partial charge in [0, 0.05) is 32.7 Å². The molecule has 1 aromatic carbocycles. The first-order chi connectivity index (χ1) is 9.63. The van der Waals surface area contributed by atoms with Crippen LogP contribution in [-0.4, -0.2) is 32.5 Å². The van der Waals surface area contributed by atoms with Gasteiger partial charge in [-0.05, 0) is 31.7 Å². The van der Waals surface area contributed by atoms with Gasteiger partial charge in [0.2, 0.25) is 0 Å². The van der Waals surface area contributed by atoms with E-state index in [0.717, 1.165) is 31.6 Å². The Balaban J connectivity index is 2.34. The summed E-state index contributed by atoms with van der Waals surface area (Å²) >= 11 is 12.2. The average molecular weight is 318 g/mol. The van der Waals surface area contributed by atoms with Crippen molar-refractivity contribution in [3.05, 3.63) is 33.8 Å². The van der Waals surface area contributed by atoms with Crippen LogP contribution < -0.4 is 5.32 Å². The van der Waals surface area contributed by atoms with Gasteiger partial charge in [0.05, 0.1) is 21.7 Å². The number of ether oxygens (including phenoxy) is 2. The highest BCUT2D eigenvalue weighted by atomic mass is 35.5. The van der Waals surface area contributed by atoms with Crippen LogP contribution in [0, 0.1) is 0 Å². The Morgan fingerprint density at radius 3 is 2.55 bits per heavy atom. The summed E-state index contributed by atoms with van der Waals surface area (Å²) in [6, 6.07) is 5.83. The first-order valence-corrected chi connectivity index (χ1v) is 7.72. The third-order valence-corrected chi connectivity index (χ3v) is 4.60. The summed E-state index contributed by atoms with van der Waals surface area (Å²) in [4.78, 5) is 0. The average Bonchev–Trinajstić information content (AvgIpc) is 2.45. The van der Waals surface area contributed by atoms with Gasteiger partial charge in [-0.25, -0.2) is 0 Å². The number of nitrogens with one attached hydrogen (secondary N) is 1. The summed E-state index contributed by atoms with van der Waals surface area (Å²) in [7, 11) is 1.95. The predicted molar refractivity (Wildman–Crippen MR) is 82.7 cm³/mol. The van der Waals surface area contributed by atoms with Crippen molar-refractivity contribution in [2.24, 2.45) is 0 Å². The zero-order valence-electron chi connectivity index (χ0n) is 11.9. The molecule has 0 amide bonds. The maximum Gasteiger partial charge on any atom is 0.0919 e. The molecule has 0 bridgehead atoms. The Labute approximate surface area is 130 Å². The maximum atomic E-state index is 6.15. The molecule has 1 heterocycles. The molecule has 3 nitrogen and oxygen atoms in total. The molecule has 1 saturated heterocycles. The smallest absolute Gasteiger partial charge is 0.0919 e. The quantitative estimate of drug-likeness (QED) is 0.895. The van der Waals surface area contributed by atoms with E-state index in [9.17, 15) is 0 Å². The molecule has 0 aromatic heterocycles. The summed E-state index contributed by atoms with van der Waals surface area (Å²) in [6.07, 6.45) is 1.74. The van der Waals surface area contributed by atoms with Gasteiger partial charge in [-0.1, -0.05) is 29.3 Å². The normalized spacial score (nSPS) is 19.8. The number of hydrogen-bond donors (Lipinski definition) is 1. The van der Waals surface area contributed by atoms with Crippen LogP contribution in [0.25, 0.3) is 0 Å². The van der Waals surface area contributed by atoms with E-state index in [-0.39, 0.29) is 11.6 Å². The van der Waals surface area contributed by atoms with E-state index >= 15 is 0 Å². The highest BCUT2D eigenvalue weighted by Crippen LogP contribution is 2.39. The molecule has 1 aromatic rings. The van der Waals surface area contributed by atoms with Crippen molar-refractivity contribution in [2.45, 2.75) is 31.4 Å². The molecule has 1 N–H and O–H groups in total. The number of likely N-dealkylation sites (N-methyl/N-ethyl adjacent to an activating group) is 1. The van der Waals surface area contributed by atoms with Crippen molar-refractivity contribution >= 4 is 23.2 Å². The van der Waals surface area contributed by atoms with Gasteiger partial charge in [0.15, 0.2) is 0 Å². The molecule has 1 fully saturated rings. The van der Waals surface area contributed by atoms with Crippen molar-refractivity contribution < 1.29 is 9.47 Å². The van der Waals surface area contributed by atoms with E-state index in [1.165, 1.54) is 0 Å². The second-order valence-electron chi connectivity index (χ2n) is 5.01. The summed E-state index contributed by atoms with van der Waals surface area (Å²) in [5.41, 5.74) is 0.844. The fourth-order valence-corrected chi connectivity index (χ4v) is 3.25. The predicted octanol–water partition coefficient (Wildman–Crippen LogP) is 3.84. The lowest BCUT2D eigenvalue weighted by molar-refractivity contribution is -0.127. The van der Waals surface area contributed by atoms with Gasteiger partial charge in [0.25, 0.3) is 0 Å². The third-order valence-electron chi connectivity index (χ3n) is 3.86. The Morgan fingerprint density at radius 1 is 1.30 bits per heavy atom. The minimum atomic E-state index is -0.251. The lowest BCUT2D eigenvalue weighted by atomic mass is 9.82. The number of benzene rings is 1. The fraction of sp³-hybridized carbons (Fsp3) is 0.600. The van der Waals surface area contributed by atoms with Gasteiger partial charge in [0.1, 0.15) is 0 Å². The van der Waals surface area contributed by atoms with E-state index in [2.05, 4.69) is 5.32 Å². The highest BCUT2D eigenvalue weighted by Gasteiger charge is 2.41. The molecule has 0 saturated carbocycles. The second-order valence-corrected chi connectivity index (χ2v) is 5.82. The summed E-state index contributed by atoms with van der Waals surface area (Å²) < 4.78 is 11.6. The fourth-order valence-electron chi connectivity index (χ4n) is 2.95. The van der Waals surface area contributed by atoms with E-state index in [1.807, 2.05) is 32.2 Å². The number of rotatable bonds is 5. The lowest BCUT2D eigenvalue weighted by Gasteiger charge is -2.43. The minimum absolute atomic E-state index is 0.0705. The van der Waals surface area contributed by atoms with Crippen LogP contribution >= 0.6 is 23.2 Å². The standard InChI is InChI=1S/C15H21Cl2NO2/c1-3-20-15(6-8-19-9-7-15)14(18-2)11-4-5-12(16)13(17)10-11/h4-5,10,14,18H,3,6-9H2,1-2H3. The Kier molecular flexibility index (Phi) is 5.70. The Bertz CT molecular complexity index is 442. The topological polar surface area (TPSA) is 30.5 Å². The van der Waals surface area contributed by atoms with Gasteiger partial charge in [-0.2, -0.15) is 0 Å². The van der Waals surface area contributed by atoms with Crippen molar-refractivity contribution in [2.75, 3.05) is 26.9 Å². The molecule has 1 atom stereocenters. The molecule has 1 aliphatic heterocycles. The van der Waals surface area contributed by atoms with Crippen LogP contribution in [0.4, 0.5) is 0 Å². The van der Waals surface area contributed by atoms with Crippen LogP contribution in [0.2, 0.25) is 10.0 Å². The first kappa shape index (κ1) is 16.1. The van der Waals surface area contributed by atoms with Gasteiger partial charge >= 0.3 is 0 Å². The molecule has 0 spiro atoms. The second kappa shape index (κ2) is 7.10. The molecule has 0 aliphatic carbocycles.